The van der Waals surface area contributed by atoms with Crippen LogP contribution in [0.2, 0.25) is 0 Å². The maximum absolute atomic E-state index is 5.79. The maximum atomic E-state index is 5.79. The van der Waals surface area contributed by atoms with E-state index < -0.39 is 0 Å². The SMILES string of the molecule is COCC(C)OCc1cccc(-c2nc(CCl)cs2)c1. The molecule has 0 amide bonds. The normalized spacial score (nSPS) is 12.6. The van der Waals surface area contributed by atoms with E-state index in [1.165, 1.54) is 0 Å². The van der Waals surface area contributed by atoms with Gasteiger partial charge in [0, 0.05) is 18.1 Å². The Morgan fingerprint density at radius 2 is 2.25 bits per heavy atom. The van der Waals surface area contributed by atoms with Gasteiger partial charge in [0.2, 0.25) is 0 Å². The summed E-state index contributed by atoms with van der Waals surface area (Å²) in [5.74, 6) is 0.452. The van der Waals surface area contributed by atoms with Gasteiger partial charge in [-0.2, -0.15) is 0 Å². The number of rotatable bonds is 7. The first-order valence-electron chi connectivity index (χ1n) is 6.43. The van der Waals surface area contributed by atoms with Crippen molar-refractivity contribution in [2.75, 3.05) is 13.7 Å². The zero-order chi connectivity index (χ0) is 14.4. The molecule has 0 aliphatic carbocycles. The molecule has 1 heterocycles. The van der Waals surface area contributed by atoms with Crippen molar-refractivity contribution in [3.63, 3.8) is 0 Å². The summed E-state index contributed by atoms with van der Waals surface area (Å²) in [6.07, 6.45) is 0.0892. The quantitative estimate of drug-likeness (QED) is 0.721. The lowest BCUT2D eigenvalue weighted by Gasteiger charge is -2.12. The maximum Gasteiger partial charge on any atom is 0.123 e. The summed E-state index contributed by atoms with van der Waals surface area (Å²) in [5.41, 5.74) is 3.15. The third-order valence-electron chi connectivity index (χ3n) is 2.80. The van der Waals surface area contributed by atoms with Crippen molar-refractivity contribution < 1.29 is 9.47 Å². The summed E-state index contributed by atoms with van der Waals surface area (Å²) in [5, 5.41) is 2.99. The van der Waals surface area contributed by atoms with Crippen molar-refractivity contribution in [3.8, 4) is 10.6 Å². The minimum atomic E-state index is 0.0892. The van der Waals surface area contributed by atoms with Gasteiger partial charge in [0.25, 0.3) is 0 Å². The molecule has 0 bridgehead atoms. The number of hydrogen-bond donors (Lipinski definition) is 0. The van der Waals surface area contributed by atoms with E-state index in [-0.39, 0.29) is 6.10 Å². The standard InChI is InChI=1S/C15H18ClNO2S/c1-11(8-18-2)19-9-12-4-3-5-13(6-12)15-17-14(7-16)10-20-15/h3-6,10-11H,7-9H2,1-2H3. The van der Waals surface area contributed by atoms with Crippen molar-refractivity contribution in [1.82, 2.24) is 4.98 Å². The third-order valence-corrected chi connectivity index (χ3v) is 4.01. The van der Waals surface area contributed by atoms with Crippen LogP contribution >= 0.6 is 22.9 Å². The number of ether oxygens (including phenoxy) is 2. The van der Waals surface area contributed by atoms with Crippen molar-refractivity contribution in [3.05, 3.63) is 40.9 Å². The summed E-state index contributed by atoms with van der Waals surface area (Å²) < 4.78 is 10.8. The molecule has 0 aliphatic rings. The van der Waals surface area contributed by atoms with Crippen LogP contribution < -0.4 is 0 Å². The lowest BCUT2D eigenvalue weighted by atomic mass is 10.1. The van der Waals surface area contributed by atoms with Gasteiger partial charge in [0.1, 0.15) is 5.01 Å². The fraction of sp³-hybridized carbons (Fsp3) is 0.400. The Morgan fingerprint density at radius 1 is 1.40 bits per heavy atom. The Labute approximate surface area is 128 Å². The molecule has 2 aromatic rings. The van der Waals surface area contributed by atoms with Crippen molar-refractivity contribution in [2.45, 2.75) is 25.5 Å². The van der Waals surface area contributed by atoms with E-state index in [1.807, 2.05) is 18.4 Å². The number of thiazole rings is 1. The van der Waals surface area contributed by atoms with Crippen molar-refractivity contribution in [2.24, 2.45) is 0 Å². The highest BCUT2D eigenvalue weighted by molar-refractivity contribution is 7.13. The molecule has 0 saturated heterocycles. The highest BCUT2D eigenvalue weighted by Gasteiger charge is 2.06. The second-order valence-electron chi connectivity index (χ2n) is 4.55. The molecule has 1 unspecified atom stereocenters. The molecule has 1 aromatic heterocycles. The molecule has 0 radical (unpaired) electrons. The van der Waals surface area contributed by atoms with Crippen LogP contribution in [0.5, 0.6) is 0 Å². The predicted molar refractivity (Wildman–Crippen MR) is 83.2 cm³/mol. The first-order chi connectivity index (χ1) is 9.72. The molecule has 1 atom stereocenters. The number of aromatic nitrogens is 1. The average Bonchev–Trinajstić information content (AvgIpc) is 2.95. The van der Waals surface area contributed by atoms with Gasteiger partial charge in [-0.15, -0.1) is 22.9 Å². The summed E-state index contributed by atoms with van der Waals surface area (Å²) in [6.45, 7) is 3.18. The molecular weight excluding hydrogens is 294 g/mol. The number of alkyl halides is 1. The van der Waals surface area contributed by atoms with Gasteiger partial charge in [0.15, 0.2) is 0 Å². The molecular formula is C15H18ClNO2S. The smallest absolute Gasteiger partial charge is 0.123 e. The van der Waals surface area contributed by atoms with Crippen LogP contribution in [0.3, 0.4) is 0 Å². The van der Waals surface area contributed by atoms with Gasteiger partial charge >= 0.3 is 0 Å². The van der Waals surface area contributed by atoms with Crippen LogP contribution in [0.4, 0.5) is 0 Å². The Kier molecular flexibility index (Phi) is 5.98. The Balaban J connectivity index is 2.04. The number of methoxy groups -OCH3 is 1. The Morgan fingerprint density at radius 3 is 2.95 bits per heavy atom. The van der Waals surface area contributed by atoms with Gasteiger partial charge < -0.3 is 9.47 Å². The molecule has 108 valence electrons. The number of hydrogen-bond acceptors (Lipinski definition) is 4. The van der Waals surface area contributed by atoms with Crippen LogP contribution in [-0.4, -0.2) is 24.8 Å². The lowest BCUT2D eigenvalue weighted by Crippen LogP contribution is -2.14. The molecule has 0 saturated carbocycles. The van der Waals surface area contributed by atoms with Crippen molar-refractivity contribution in [1.29, 1.82) is 0 Å². The fourth-order valence-corrected chi connectivity index (χ4v) is 2.86. The van der Waals surface area contributed by atoms with Crippen LogP contribution in [0.25, 0.3) is 10.6 Å². The molecule has 5 heteroatoms. The molecule has 0 spiro atoms. The van der Waals surface area contributed by atoms with E-state index in [1.54, 1.807) is 18.4 Å². The Hall–Kier alpha value is -0.940. The van der Waals surface area contributed by atoms with Crippen LogP contribution in [0.1, 0.15) is 18.2 Å². The summed E-state index contributed by atoms with van der Waals surface area (Å²) in [4.78, 5) is 4.49. The minimum Gasteiger partial charge on any atom is -0.382 e. The van der Waals surface area contributed by atoms with E-state index in [9.17, 15) is 0 Å². The summed E-state index contributed by atoms with van der Waals surface area (Å²) >= 11 is 7.40. The average molecular weight is 312 g/mol. The second kappa shape index (κ2) is 7.74. The fourth-order valence-electron chi connectivity index (χ4n) is 1.82. The van der Waals surface area contributed by atoms with Crippen LogP contribution in [0, 0.1) is 0 Å². The first kappa shape index (κ1) is 15.4. The molecule has 1 aromatic carbocycles. The monoisotopic (exact) mass is 311 g/mol. The first-order valence-corrected chi connectivity index (χ1v) is 7.84. The highest BCUT2D eigenvalue weighted by atomic mass is 35.5. The summed E-state index contributed by atoms with van der Waals surface area (Å²) in [7, 11) is 1.68. The lowest BCUT2D eigenvalue weighted by molar-refractivity contribution is -0.000113. The van der Waals surface area contributed by atoms with Gasteiger partial charge in [-0.25, -0.2) is 4.98 Å². The second-order valence-corrected chi connectivity index (χ2v) is 5.68. The number of nitrogens with zero attached hydrogens (tertiary/aromatic N) is 1. The molecule has 0 fully saturated rings. The third kappa shape index (κ3) is 4.28. The van der Waals surface area contributed by atoms with Crippen LogP contribution in [0.15, 0.2) is 29.6 Å². The predicted octanol–water partition coefficient (Wildman–Crippen LogP) is 4.10. The molecule has 0 N–H and O–H groups in total. The van der Waals surface area contributed by atoms with Gasteiger partial charge in [-0.3, -0.25) is 0 Å². The van der Waals surface area contributed by atoms with E-state index in [0.717, 1.165) is 21.8 Å². The molecule has 2 rings (SSSR count). The van der Waals surface area contributed by atoms with E-state index in [0.29, 0.717) is 19.1 Å². The topological polar surface area (TPSA) is 31.4 Å². The highest BCUT2D eigenvalue weighted by Crippen LogP contribution is 2.25. The van der Waals surface area contributed by atoms with Crippen molar-refractivity contribution >= 4 is 22.9 Å². The Bertz CT molecular complexity index is 544. The zero-order valence-corrected chi connectivity index (χ0v) is 13.2. The van der Waals surface area contributed by atoms with Gasteiger partial charge in [-0.1, -0.05) is 18.2 Å². The van der Waals surface area contributed by atoms with E-state index in [2.05, 4.69) is 23.2 Å². The largest absolute Gasteiger partial charge is 0.382 e. The van der Waals surface area contributed by atoms with Gasteiger partial charge in [-0.05, 0) is 18.6 Å². The summed E-state index contributed by atoms with van der Waals surface area (Å²) in [6, 6.07) is 8.24. The molecule has 20 heavy (non-hydrogen) atoms. The molecule has 3 nitrogen and oxygen atoms in total. The zero-order valence-electron chi connectivity index (χ0n) is 11.6. The minimum absolute atomic E-state index is 0.0892. The van der Waals surface area contributed by atoms with E-state index >= 15 is 0 Å². The van der Waals surface area contributed by atoms with Gasteiger partial charge in [0.05, 0.1) is 30.9 Å². The van der Waals surface area contributed by atoms with E-state index in [4.69, 9.17) is 21.1 Å². The number of halogens is 1. The molecule has 0 aliphatic heterocycles. The number of benzene rings is 1. The van der Waals surface area contributed by atoms with Crippen LogP contribution in [-0.2, 0) is 22.0 Å².